The molecule has 0 fully saturated rings. The molecule has 0 aliphatic carbocycles. The Bertz CT molecular complexity index is 1110. The molecule has 0 aliphatic rings. The maximum Gasteiger partial charge on any atom is 0.278 e. The molecule has 2 N–H and O–H groups in total. The van der Waals surface area contributed by atoms with Crippen molar-refractivity contribution in [3.8, 4) is 40.0 Å². The summed E-state index contributed by atoms with van der Waals surface area (Å²) >= 11 is 0. The van der Waals surface area contributed by atoms with E-state index in [-0.39, 0.29) is 17.1 Å². The first-order valence-corrected chi connectivity index (χ1v) is 8.17. The lowest BCUT2D eigenvalue weighted by Gasteiger charge is -2.13. The third kappa shape index (κ3) is 3.29. The molecule has 0 radical (unpaired) electrons. The molecule has 0 spiro atoms. The van der Waals surface area contributed by atoms with E-state index in [1.807, 2.05) is 0 Å². The van der Waals surface area contributed by atoms with Crippen LogP contribution in [0.4, 0.5) is 11.5 Å². The molecule has 3 aromatic rings. The number of nitrogen functional groups attached to an aromatic ring is 1. The van der Waals surface area contributed by atoms with Crippen LogP contribution in [0.5, 0.6) is 11.5 Å². The third-order valence-electron chi connectivity index (χ3n) is 4.23. The second kappa shape index (κ2) is 7.63. The molecule has 8 nitrogen and oxygen atoms in total. The highest BCUT2D eigenvalue weighted by Gasteiger charge is 2.20. The zero-order valence-electron chi connectivity index (χ0n) is 15.2. The number of nitro benzene ring substituents is 1. The van der Waals surface area contributed by atoms with Gasteiger partial charge in [0.25, 0.3) is 5.69 Å². The summed E-state index contributed by atoms with van der Waals surface area (Å²) in [6.07, 6.45) is 0. The fourth-order valence-electron chi connectivity index (χ4n) is 2.90. The van der Waals surface area contributed by atoms with Crippen LogP contribution in [0.15, 0.2) is 48.5 Å². The normalized spacial score (nSPS) is 10.2. The standard InChI is InChI=1S/C20H16N4O4/c1-27-18-8-7-12(9-19(18)28-2)14-10-16(23-20(22)15(14)11-21)13-5-3-4-6-17(13)24(25)26/h3-10H,1-2H3,(H2,22,23). The van der Waals surface area contributed by atoms with E-state index >= 15 is 0 Å². The number of hydrogen-bond acceptors (Lipinski definition) is 7. The van der Waals surface area contributed by atoms with Gasteiger partial charge in [-0.15, -0.1) is 0 Å². The number of nitriles is 1. The summed E-state index contributed by atoms with van der Waals surface area (Å²) in [5.41, 5.74) is 7.82. The van der Waals surface area contributed by atoms with Gasteiger partial charge in [0.2, 0.25) is 0 Å². The Labute approximate surface area is 160 Å². The summed E-state index contributed by atoms with van der Waals surface area (Å²) in [6, 6.07) is 15.0. The Kier molecular flexibility index (Phi) is 5.09. The number of hydrogen-bond donors (Lipinski definition) is 1. The molecule has 1 heterocycles. The fourth-order valence-corrected chi connectivity index (χ4v) is 2.90. The maximum absolute atomic E-state index is 11.4. The van der Waals surface area contributed by atoms with Gasteiger partial charge in [-0.2, -0.15) is 5.26 Å². The lowest BCUT2D eigenvalue weighted by atomic mass is 9.97. The van der Waals surface area contributed by atoms with Crippen LogP contribution in [0, 0.1) is 21.4 Å². The lowest BCUT2D eigenvalue weighted by Crippen LogP contribution is -2.01. The molecule has 0 atom stereocenters. The molecule has 0 saturated carbocycles. The Hall–Kier alpha value is -4.12. The van der Waals surface area contributed by atoms with Gasteiger partial charge in [-0.3, -0.25) is 10.1 Å². The highest BCUT2D eigenvalue weighted by atomic mass is 16.6. The number of nitro groups is 1. The van der Waals surface area contributed by atoms with Gasteiger partial charge in [0.15, 0.2) is 11.5 Å². The molecule has 28 heavy (non-hydrogen) atoms. The van der Waals surface area contributed by atoms with E-state index in [4.69, 9.17) is 15.2 Å². The number of nitrogens with zero attached hydrogens (tertiary/aromatic N) is 3. The van der Waals surface area contributed by atoms with Crippen LogP contribution in [-0.4, -0.2) is 24.1 Å². The van der Waals surface area contributed by atoms with Gasteiger partial charge >= 0.3 is 0 Å². The van der Waals surface area contributed by atoms with E-state index < -0.39 is 4.92 Å². The van der Waals surface area contributed by atoms with Gasteiger partial charge in [0.1, 0.15) is 17.5 Å². The van der Waals surface area contributed by atoms with Crippen LogP contribution in [-0.2, 0) is 0 Å². The summed E-state index contributed by atoms with van der Waals surface area (Å²) in [4.78, 5) is 15.1. The Balaban J connectivity index is 2.26. The molecule has 0 aliphatic heterocycles. The van der Waals surface area contributed by atoms with E-state index in [1.54, 1.807) is 42.5 Å². The fraction of sp³-hybridized carbons (Fsp3) is 0.100. The molecular formula is C20H16N4O4. The smallest absolute Gasteiger partial charge is 0.278 e. The molecule has 3 rings (SSSR count). The molecule has 140 valence electrons. The lowest BCUT2D eigenvalue weighted by molar-refractivity contribution is -0.384. The number of anilines is 1. The Morgan fingerprint density at radius 3 is 2.43 bits per heavy atom. The van der Waals surface area contributed by atoms with Crippen LogP contribution in [0.25, 0.3) is 22.4 Å². The van der Waals surface area contributed by atoms with Crippen molar-refractivity contribution in [3.63, 3.8) is 0 Å². The number of rotatable bonds is 5. The first-order chi connectivity index (χ1) is 13.5. The SMILES string of the molecule is COc1ccc(-c2cc(-c3ccccc3[N+](=O)[O-])nc(N)c2C#N)cc1OC. The van der Waals surface area contributed by atoms with Gasteiger partial charge < -0.3 is 15.2 Å². The quantitative estimate of drug-likeness (QED) is 0.530. The molecule has 1 aromatic heterocycles. The van der Waals surface area contributed by atoms with Gasteiger partial charge in [0, 0.05) is 11.6 Å². The highest BCUT2D eigenvalue weighted by Crippen LogP contribution is 2.37. The van der Waals surface area contributed by atoms with Gasteiger partial charge in [-0.1, -0.05) is 18.2 Å². The largest absolute Gasteiger partial charge is 0.493 e. The van der Waals surface area contributed by atoms with Gasteiger partial charge in [-0.05, 0) is 29.8 Å². The van der Waals surface area contributed by atoms with E-state index in [2.05, 4.69) is 11.1 Å². The minimum atomic E-state index is -0.485. The number of aromatic nitrogens is 1. The molecule has 0 unspecified atom stereocenters. The monoisotopic (exact) mass is 376 g/mol. The van der Waals surface area contributed by atoms with Gasteiger partial charge in [0.05, 0.1) is 30.4 Å². The van der Waals surface area contributed by atoms with Gasteiger partial charge in [-0.25, -0.2) is 4.98 Å². The van der Waals surface area contributed by atoms with Crippen molar-refractivity contribution in [1.82, 2.24) is 4.98 Å². The zero-order chi connectivity index (χ0) is 20.3. The Morgan fingerprint density at radius 2 is 1.79 bits per heavy atom. The van der Waals surface area contributed by atoms with Crippen LogP contribution in [0.1, 0.15) is 5.56 Å². The number of nitrogens with two attached hydrogens (primary N) is 1. The summed E-state index contributed by atoms with van der Waals surface area (Å²) in [5, 5.41) is 20.9. The summed E-state index contributed by atoms with van der Waals surface area (Å²) in [5.74, 6) is 1.00. The number of methoxy groups -OCH3 is 2. The van der Waals surface area contributed by atoms with E-state index in [0.29, 0.717) is 33.9 Å². The topological polar surface area (TPSA) is 124 Å². The van der Waals surface area contributed by atoms with Crippen molar-refractivity contribution in [2.45, 2.75) is 0 Å². The van der Waals surface area contributed by atoms with Crippen molar-refractivity contribution in [2.24, 2.45) is 0 Å². The number of pyridine rings is 1. The number of benzene rings is 2. The zero-order valence-corrected chi connectivity index (χ0v) is 15.2. The average molecular weight is 376 g/mol. The van der Waals surface area contributed by atoms with Crippen molar-refractivity contribution < 1.29 is 14.4 Å². The third-order valence-corrected chi connectivity index (χ3v) is 4.23. The van der Waals surface area contributed by atoms with E-state index in [0.717, 1.165) is 0 Å². The van der Waals surface area contributed by atoms with Crippen molar-refractivity contribution in [3.05, 3.63) is 64.2 Å². The first kappa shape index (κ1) is 18.7. The predicted octanol–water partition coefficient (Wildman–Crippen LogP) is 3.79. The van der Waals surface area contributed by atoms with Crippen molar-refractivity contribution >= 4 is 11.5 Å². The second-order valence-electron chi connectivity index (χ2n) is 5.77. The van der Waals surface area contributed by atoms with Crippen LogP contribution < -0.4 is 15.2 Å². The minimum Gasteiger partial charge on any atom is -0.493 e. The minimum absolute atomic E-state index is 0.0112. The summed E-state index contributed by atoms with van der Waals surface area (Å²) in [7, 11) is 3.03. The van der Waals surface area contributed by atoms with Crippen LogP contribution in [0.3, 0.4) is 0 Å². The number of ether oxygens (including phenoxy) is 2. The summed E-state index contributed by atoms with van der Waals surface area (Å²) < 4.78 is 10.6. The maximum atomic E-state index is 11.4. The highest BCUT2D eigenvalue weighted by molar-refractivity contribution is 5.83. The molecule has 0 bridgehead atoms. The van der Waals surface area contributed by atoms with Crippen LogP contribution >= 0.6 is 0 Å². The average Bonchev–Trinajstić information content (AvgIpc) is 2.72. The molecule has 8 heteroatoms. The number of para-hydroxylation sites is 1. The predicted molar refractivity (Wildman–Crippen MR) is 104 cm³/mol. The summed E-state index contributed by atoms with van der Waals surface area (Å²) in [6.45, 7) is 0. The molecular weight excluding hydrogens is 360 g/mol. The molecule has 0 amide bonds. The molecule has 0 saturated heterocycles. The van der Waals surface area contributed by atoms with Crippen LogP contribution in [0.2, 0.25) is 0 Å². The van der Waals surface area contributed by atoms with E-state index in [9.17, 15) is 15.4 Å². The van der Waals surface area contributed by atoms with Crippen molar-refractivity contribution in [2.75, 3.05) is 20.0 Å². The Morgan fingerprint density at radius 1 is 1.07 bits per heavy atom. The first-order valence-electron chi connectivity index (χ1n) is 8.17. The molecule has 2 aromatic carbocycles. The second-order valence-corrected chi connectivity index (χ2v) is 5.77. The van der Waals surface area contributed by atoms with Crippen molar-refractivity contribution in [1.29, 1.82) is 5.26 Å². The van der Waals surface area contributed by atoms with E-state index in [1.165, 1.54) is 20.3 Å².